The van der Waals surface area contributed by atoms with Crippen LogP contribution in [0.2, 0.25) is 0 Å². The van der Waals surface area contributed by atoms with Gasteiger partial charge in [-0.25, -0.2) is 9.97 Å². The van der Waals surface area contributed by atoms with Gasteiger partial charge in [0, 0.05) is 36.1 Å². The van der Waals surface area contributed by atoms with Crippen LogP contribution in [0.25, 0.3) is 11.4 Å². The number of hydrogen-bond donors (Lipinski definition) is 2. The van der Waals surface area contributed by atoms with E-state index < -0.39 is 0 Å². The van der Waals surface area contributed by atoms with E-state index in [0.29, 0.717) is 6.04 Å². The first-order chi connectivity index (χ1) is 12.3. The van der Waals surface area contributed by atoms with Gasteiger partial charge in [0.05, 0.1) is 5.69 Å². The Balaban J connectivity index is 1.65. The van der Waals surface area contributed by atoms with Crippen molar-refractivity contribution in [3.8, 4) is 11.4 Å². The SMILES string of the molecule is C[C@@H](Cc1ccsc1)Nc1nc(-c2cccnc2)nc2c1CCNC2. The molecule has 0 aliphatic carbocycles. The molecule has 4 rings (SSSR count). The Labute approximate surface area is 151 Å². The number of nitrogens with one attached hydrogen (secondary N) is 2. The molecule has 0 fully saturated rings. The predicted molar refractivity (Wildman–Crippen MR) is 102 cm³/mol. The summed E-state index contributed by atoms with van der Waals surface area (Å²) in [5.74, 6) is 1.70. The molecule has 0 saturated carbocycles. The maximum absolute atomic E-state index is 4.84. The molecule has 1 aliphatic rings. The first-order valence-corrected chi connectivity index (χ1v) is 9.52. The largest absolute Gasteiger partial charge is 0.367 e. The van der Waals surface area contributed by atoms with Crippen molar-refractivity contribution in [3.63, 3.8) is 0 Å². The molecule has 128 valence electrons. The van der Waals surface area contributed by atoms with Gasteiger partial charge in [-0.1, -0.05) is 0 Å². The molecular formula is C19H21N5S. The fraction of sp³-hybridized carbons (Fsp3) is 0.316. The molecule has 0 amide bonds. The molecule has 3 aromatic rings. The Morgan fingerprint density at radius 3 is 3.08 bits per heavy atom. The Morgan fingerprint density at radius 1 is 1.32 bits per heavy atom. The maximum Gasteiger partial charge on any atom is 0.163 e. The number of thiophene rings is 1. The molecule has 25 heavy (non-hydrogen) atoms. The van der Waals surface area contributed by atoms with Crippen LogP contribution in [-0.2, 0) is 19.4 Å². The second-order valence-corrected chi connectivity index (χ2v) is 7.15. The van der Waals surface area contributed by atoms with Crippen molar-refractivity contribution in [2.24, 2.45) is 0 Å². The molecule has 0 saturated heterocycles. The second-order valence-electron chi connectivity index (χ2n) is 6.37. The molecule has 2 N–H and O–H groups in total. The van der Waals surface area contributed by atoms with Crippen molar-refractivity contribution in [1.29, 1.82) is 0 Å². The van der Waals surface area contributed by atoms with E-state index in [1.807, 2.05) is 18.3 Å². The van der Waals surface area contributed by atoms with Gasteiger partial charge >= 0.3 is 0 Å². The fourth-order valence-electron chi connectivity index (χ4n) is 3.15. The van der Waals surface area contributed by atoms with Gasteiger partial charge < -0.3 is 10.6 Å². The van der Waals surface area contributed by atoms with Gasteiger partial charge in [0.25, 0.3) is 0 Å². The minimum atomic E-state index is 0.310. The van der Waals surface area contributed by atoms with Crippen molar-refractivity contribution in [1.82, 2.24) is 20.3 Å². The van der Waals surface area contributed by atoms with Gasteiger partial charge in [0.2, 0.25) is 0 Å². The lowest BCUT2D eigenvalue weighted by Gasteiger charge is -2.23. The number of rotatable bonds is 5. The van der Waals surface area contributed by atoms with Crippen LogP contribution in [0.5, 0.6) is 0 Å². The normalized spacial score (nSPS) is 14.8. The van der Waals surface area contributed by atoms with E-state index in [1.165, 1.54) is 11.1 Å². The average molecular weight is 351 g/mol. The van der Waals surface area contributed by atoms with Gasteiger partial charge in [0.1, 0.15) is 5.82 Å². The monoisotopic (exact) mass is 351 g/mol. The van der Waals surface area contributed by atoms with Crippen molar-refractivity contribution < 1.29 is 0 Å². The Bertz CT molecular complexity index is 833. The van der Waals surface area contributed by atoms with E-state index in [0.717, 1.165) is 48.8 Å². The molecule has 4 heterocycles. The third-order valence-electron chi connectivity index (χ3n) is 4.36. The van der Waals surface area contributed by atoms with E-state index >= 15 is 0 Å². The zero-order valence-electron chi connectivity index (χ0n) is 14.2. The van der Waals surface area contributed by atoms with Crippen LogP contribution >= 0.6 is 11.3 Å². The van der Waals surface area contributed by atoms with Crippen LogP contribution in [0.15, 0.2) is 41.4 Å². The minimum absolute atomic E-state index is 0.310. The lowest BCUT2D eigenvalue weighted by molar-refractivity contribution is 0.623. The summed E-state index contributed by atoms with van der Waals surface area (Å²) in [7, 11) is 0. The Kier molecular flexibility index (Phi) is 4.72. The highest BCUT2D eigenvalue weighted by atomic mass is 32.1. The Morgan fingerprint density at radius 2 is 2.28 bits per heavy atom. The van der Waals surface area contributed by atoms with E-state index in [1.54, 1.807) is 17.5 Å². The smallest absolute Gasteiger partial charge is 0.163 e. The van der Waals surface area contributed by atoms with Gasteiger partial charge in [-0.2, -0.15) is 11.3 Å². The van der Waals surface area contributed by atoms with E-state index in [9.17, 15) is 0 Å². The Hall–Kier alpha value is -2.31. The highest BCUT2D eigenvalue weighted by molar-refractivity contribution is 7.07. The summed E-state index contributed by atoms with van der Waals surface area (Å²) in [5, 5.41) is 11.4. The van der Waals surface area contributed by atoms with Crippen LogP contribution < -0.4 is 10.6 Å². The lowest BCUT2D eigenvalue weighted by atomic mass is 10.1. The number of aromatic nitrogens is 3. The third-order valence-corrected chi connectivity index (χ3v) is 5.09. The first-order valence-electron chi connectivity index (χ1n) is 8.58. The number of anilines is 1. The van der Waals surface area contributed by atoms with Gasteiger partial charge in [-0.05, 0) is 60.8 Å². The highest BCUT2D eigenvalue weighted by Crippen LogP contribution is 2.25. The van der Waals surface area contributed by atoms with Crippen molar-refractivity contribution in [3.05, 3.63) is 58.2 Å². The zero-order chi connectivity index (χ0) is 17.1. The van der Waals surface area contributed by atoms with Gasteiger partial charge in [-0.15, -0.1) is 0 Å². The fourth-order valence-corrected chi connectivity index (χ4v) is 3.83. The van der Waals surface area contributed by atoms with Crippen molar-refractivity contribution >= 4 is 17.2 Å². The number of pyridine rings is 1. The minimum Gasteiger partial charge on any atom is -0.367 e. The highest BCUT2D eigenvalue weighted by Gasteiger charge is 2.19. The summed E-state index contributed by atoms with van der Waals surface area (Å²) in [4.78, 5) is 13.8. The summed E-state index contributed by atoms with van der Waals surface area (Å²) in [6.07, 6.45) is 5.53. The van der Waals surface area contributed by atoms with Crippen molar-refractivity contribution in [2.45, 2.75) is 32.4 Å². The molecule has 0 aromatic carbocycles. The van der Waals surface area contributed by atoms with E-state index in [-0.39, 0.29) is 0 Å². The molecule has 1 atom stereocenters. The van der Waals surface area contributed by atoms with Crippen LogP contribution in [-0.4, -0.2) is 27.5 Å². The van der Waals surface area contributed by atoms with Crippen molar-refractivity contribution in [2.75, 3.05) is 11.9 Å². The van der Waals surface area contributed by atoms with Crippen LogP contribution in [0, 0.1) is 0 Å². The quantitative estimate of drug-likeness (QED) is 0.738. The molecular weight excluding hydrogens is 330 g/mol. The predicted octanol–water partition coefficient (Wildman–Crippen LogP) is 3.29. The molecule has 3 aromatic heterocycles. The van der Waals surface area contributed by atoms with Crippen LogP contribution in [0.3, 0.4) is 0 Å². The standard InChI is InChI=1S/C19H21N5S/c1-13(9-14-5-8-25-12-14)22-19-16-4-7-21-11-17(16)23-18(24-19)15-3-2-6-20-10-15/h2-3,5-6,8,10,12-13,21H,4,7,9,11H2,1H3,(H,22,23,24)/t13-/m0/s1. The third kappa shape index (κ3) is 3.70. The molecule has 5 nitrogen and oxygen atoms in total. The second kappa shape index (κ2) is 7.29. The van der Waals surface area contributed by atoms with Gasteiger partial charge in [-0.3, -0.25) is 4.98 Å². The summed E-state index contributed by atoms with van der Waals surface area (Å²) in [6, 6.07) is 6.42. The molecule has 0 radical (unpaired) electrons. The molecule has 0 spiro atoms. The first kappa shape index (κ1) is 16.2. The molecule has 0 unspecified atom stereocenters. The maximum atomic E-state index is 4.84. The lowest BCUT2D eigenvalue weighted by Crippen LogP contribution is -2.28. The number of hydrogen-bond acceptors (Lipinski definition) is 6. The topological polar surface area (TPSA) is 62.7 Å². The molecule has 6 heteroatoms. The summed E-state index contributed by atoms with van der Waals surface area (Å²) >= 11 is 1.74. The summed E-state index contributed by atoms with van der Waals surface area (Å²) < 4.78 is 0. The molecule has 1 aliphatic heterocycles. The number of fused-ring (bicyclic) bond motifs is 1. The van der Waals surface area contributed by atoms with E-state index in [4.69, 9.17) is 9.97 Å². The summed E-state index contributed by atoms with van der Waals surface area (Å²) in [5.41, 5.74) is 4.64. The van der Waals surface area contributed by atoms with E-state index in [2.05, 4.69) is 39.4 Å². The average Bonchev–Trinajstić information content (AvgIpc) is 3.15. The van der Waals surface area contributed by atoms with Gasteiger partial charge in [0.15, 0.2) is 5.82 Å². The molecule has 0 bridgehead atoms. The van der Waals surface area contributed by atoms with Crippen LogP contribution in [0.1, 0.15) is 23.7 Å². The zero-order valence-corrected chi connectivity index (χ0v) is 15.0. The number of nitrogens with zero attached hydrogens (tertiary/aromatic N) is 3. The van der Waals surface area contributed by atoms with Crippen LogP contribution in [0.4, 0.5) is 5.82 Å². The summed E-state index contributed by atoms with van der Waals surface area (Å²) in [6.45, 7) is 3.96.